The van der Waals surface area contributed by atoms with Gasteiger partial charge >= 0.3 is 6.03 Å². The van der Waals surface area contributed by atoms with Crippen LogP contribution in [0.5, 0.6) is 11.5 Å². The molecule has 7 heteroatoms. The monoisotopic (exact) mass is 307 g/mol. The van der Waals surface area contributed by atoms with Crippen LogP contribution in [0.4, 0.5) is 10.5 Å². The summed E-state index contributed by atoms with van der Waals surface area (Å²) >= 11 is 0. The number of fused-ring (bicyclic) bond motifs is 1. The molecule has 22 heavy (non-hydrogen) atoms. The molecule has 0 saturated heterocycles. The molecule has 0 fully saturated rings. The molecule has 0 unspecified atom stereocenters. The van der Waals surface area contributed by atoms with Crippen molar-refractivity contribution in [1.29, 1.82) is 0 Å². The van der Waals surface area contributed by atoms with Gasteiger partial charge in [0.15, 0.2) is 11.5 Å². The summed E-state index contributed by atoms with van der Waals surface area (Å²) in [7, 11) is 0. The summed E-state index contributed by atoms with van der Waals surface area (Å²) in [4.78, 5) is 22.0. The van der Waals surface area contributed by atoms with Crippen LogP contribution in [0.15, 0.2) is 18.2 Å². The Balaban J connectivity index is 1.67. The average Bonchev–Trinajstić information content (AvgIpc) is 2.50. The van der Waals surface area contributed by atoms with Gasteiger partial charge in [0.2, 0.25) is 0 Å². The molecule has 0 bridgehead atoms. The molecule has 0 aromatic heterocycles. The van der Waals surface area contributed by atoms with Gasteiger partial charge in [0, 0.05) is 24.3 Å². The average molecular weight is 307 g/mol. The third kappa shape index (κ3) is 5.16. The van der Waals surface area contributed by atoms with E-state index in [1.807, 2.05) is 0 Å². The first-order valence-corrected chi connectivity index (χ1v) is 7.29. The number of unbranched alkanes of at least 4 members (excludes halogenated alkanes) is 2. The lowest BCUT2D eigenvalue weighted by Gasteiger charge is -2.19. The van der Waals surface area contributed by atoms with E-state index in [-0.39, 0.29) is 12.5 Å². The van der Waals surface area contributed by atoms with Crippen LogP contribution in [0, 0.1) is 0 Å². The standard InChI is InChI=1S/C15H20N2O5/c18-14(19)4-2-1-3-7-16-15(20)17-11-5-6-12-13(10-11)22-9-8-21-12/h5-6,10H,1-4,7-9H2,(H,18,19)(H2,16,17,20)/p-1. The number of aliphatic carboxylic acids is 1. The number of rotatable bonds is 7. The van der Waals surface area contributed by atoms with Gasteiger partial charge < -0.3 is 30.0 Å². The Morgan fingerprint density at radius 2 is 1.86 bits per heavy atom. The second-order valence-corrected chi connectivity index (χ2v) is 4.92. The van der Waals surface area contributed by atoms with Crippen molar-refractivity contribution in [3.05, 3.63) is 18.2 Å². The Bertz CT molecular complexity index is 533. The largest absolute Gasteiger partial charge is 0.550 e. The Morgan fingerprint density at radius 3 is 2.64 bits per heavy atom. The number of urea groups is 1. The van der Waals surface area contributed by atoms with Gasteiger partial charge in [0.25, 0.3) is 0 Å². The maximum absolute atomic E-state index is 11.7. The van der Waals surface area contributed by atoms with Crippen LogP contribution in [-0.4, -0.2) is 31.8 Å². The van der Waals surface area contributed by atoms with Gasteiger partial charge in [-0.2, -0.15) is 0 Å². The van der Waals surface area contributed by atoms with Crippen molar-refractivity contribution in [2.45, 2.75) is 25.7 Å². The number of hydrogen-bond donors (Lipinski definition) is 2. The first-order valence-electron chi connectivity index (χ1n) is 7.29. The number of nitrogens with one attached hydrogen (secondary N) is 2. The fraction of sp³-hybridized carbons (Fsp3) is 0.467. The van der Waals surface area contributed by atoms with Crippen LogP contribution >= 0.6 is 0 Å². The van der Waals surface area contributed by atoms with Crippen LogP contribution in [0.2, 0.25) is 0 Å². The number of benzene rings is 1. The third-order valence-electron chi connectivity index (χ3n) is 3.14. The number of ether oxygens (including phenoxy) is 2. The molecule has 7 nitrogen and oxygen atoms in total. The van der Waals surface area contributed by atoms with Crippen LogP contribution in [0.25, 0.3) is 0 Å². The summed E-state index contributed by atoms with van der Waals surface area (Å²) in [5.74, 6) is 0.251. The van der Waals surface area contributed by atoms with Gasteiger partial charge in [0.05, 0.1) is 0 Å². The molecule has 2 N–H and O–H groups in total. The van der Waals surface area contributed by atoms with Gasteiger partial charge in [-0.3, -0.25) is 0 Å². The lowest BCUT2D eigenvalue weighted by atomic mass is 10.2. The topological polar surface area (TPSA) is 99.7 Å². The van der Waals surface area contributed by atoms with E-state index < -0.39 is 5.97 Å². The minimum absolute atomic E-state index is 0.0589. The Labute approximate surface area is 128 Å². The zero-order chi connectivity index (χ0) is 15.8. The quantitative estimate of drug-likeness (QED) is 0.729. The van der Waals surface area contributed by atoms with Gasteiger partial charge in [-0.05, 0) is 31.4 Å². The molecule has 0 atom stereocenters. The number of carboxylic acids is 1. The normalized spacial score (nSPS) is 12.5. The highest BCUT2D eigenvalue weighted by atomic mass is 16.6. The molecule has 0 saturated carbocycles. The van der Waals surface area contributed by atoms with Gasteiger partial charge in [-0.25, -0.2) is 4.79 Å². The number of carboxylic acid groups (broad SMARTS) is 1. The van der Waals surface area contributed by atoms with Gasteiger partial charge in [-0.15, -0.1) is 0 Å². The Morgan fingerprint density at radius 1 is 1.09 bits per heavy atom. The van der Waals surface area contributed by atoms with Crippen molar-refractivity contribution in [2.75, 3.05) is 25.1 Å². The van der Waals surface area contributed by atoms with Crippen molar-refractivity contribution >= 4 is 17.7 Å². The minimum Gasteiger partial charge on any atom is -0.550 e. The molecule has 2 amide bonds. The predicted molar refractivity (Wildman–Crippen MR) is 77.9 cm³/mol. The molecule has 1 aliphatic rings. The van der Waals surface area contributed by atoms with E-state index in [9.17, 15) is 14.7 Å². The highest BCUT2D eigenvalue weighted by Crippen LogP contribution is 2.32. The van der Waals surface area contributed by atoms with Crippen molar-refractivity contribution in [2.24, 2.45) is 0 Å². The second-order valence-electron chi connectivity index (χ2n) is 4.92. The highest BCUT2D eigenvalue weighted by molar-refractivity contribution is 5.89. The molecular formula is C15H19N2O5-. The van der Waals surface area contributed by atoms with E-state index in [0.717, 1.165) is 12.8 Å². The lowest BCUT2D eigenvalue weighted by Crippen LogP contribution is -2.29. The number of carbonyl (C=O) groups excluding carboxylic acids is 2. The van der Waals surface area contributed by atoms with Crippen LogP contribution in [-0.2, 0) is 4.79 Å². The van der Waals surface area contributed by atoms with Crippen molar-refractivity contribution in [3.8, 4) is 11.5 Å². The molecule has 120 valence electrons. The highest BCUT2D eigenvalue weighted by Gasteiger charge is 2.12. The molecule has 1 aliphatic heterocycles. The van der Waals surface area contributed by atoms with E-state index in [4.69, 9.17) is 9.47 Å². The number of amides is 2. The SMILES string of the molecule is O=C([O-])CCCCCNC(=O)Nc1ccc2c(c1)OCCO2. The van der Waals surface area contributed by atoms with Crippen LogP contribution < -0.4 is 25.2 Å². The molecule has 1 aromatic rings. The summed E-state index contributed by atoms with van der Waals surface area (Å²) < 4.78 is 10.8. The lowest BCUT2D eigenvalue weighted by molar-refractivity contribution is -0.305. The van der Waals surface area contributed by atoms with Gasteiger partial charge in [0.1, 0.15) is 13.2 Å². The molecule has 0 aliphatic carbocycles. The van der Waals surface area contributed by atoms with Crippen molar-refractivity contribution < 1.29 is 24.2 Å². The zero-order valence-corrected chi connectivity index (χ0v) is 12.2. The van der Waals surface area contributed by atoms with Crippen molar-refractivity contribution in [3.63, 3.8) is 0 Å². The smallest absolute Gasteiger partial charge is 0.319 e. The predicted octanol–water partition coefficient (Wildman–Crippen LogP) is 0.890. The Hall–Kier alpha value is -2.44. The summed E-state index contributed by atoms with van der Waals surface area (Å²) in [5.41, 5.74) is 0.624. The van der Waals surface area contributed by atoms with E-state index >= 15 is 0 Å². The van der Waals surface area contributed by atoms with Crippen molar-refractivity contribution in [1.82, 2.24) is 5.32 Å². The number of anilines is 1. The first-order chi connectivity index (χ1) is 10.6. The zero-order valence-electron chi connectivity index (χ0n) is 12.2. The molecule has 0 radical (unpaired) electrons. The second kappa shape index (κ2) is 8.11. The summed E-state index contributed by atoms with van der Waals surface area (Å²) in [5, 5.41) is 15.7. The van der Waals surface area contributed by atoms with Crippen LogP contribution in [0.3, 0.4) is 0 Å². The number of hydrogen-bond acceptors (Lipinski definition) is 5. The first kappa shape index (κ1) is 15.9. The maximum Gasteiger partial charge on any atom is 0.319 e. The van der Waals surface area contributed by atoms with E-state index in [1.54, 1.807) is 18.2 Å². The molecule has 1 heterocycles. The Kier molecular flexibility index (Phi) is 5.88. The molecular weight excluding hydrogens is 288 g/mol. The van der Waals surface area contributed by atoms with Crippen LogP contribution in [0.1, 0.15) is 25.7 Å². The molecule has 1 aromatic carbocycles. The van der Waals surface area contributed by atoms with E-state index in [0.29, 0.717) is 43.4 Å². The summed E-state index contributed by atoms with van der Waals surface area (Å²) in [6.07, 6.45) is 2.08. The fourth-order valence-corrected chi connectivity index (χ4v) is 2.07. The van der Waals surface area contributed by atoms with E-state index in [2.05, 4.69) is 10.6 Å². The molecule has 0 spiro atoms. The summed E-state index contributed by atoms with van der Waals surface area (Å²) in [6, 6.07) is 4.90. The summed E-state index contributed by atoms with van der Waals surface area (Å²) in [6.45, 7) is 1.51. The minimum atomic E-state index is -1.04. The third-order valence-corrected chi connectivity index (χ3v) is 3.14. The number of carbonyl (C=O) groups is 2. The molecule has 2 rings (SSSR count). The van der Waals surface area contributed by atoms with Gasteiger partial charge in [-0.1, -0.05) is 6.42 Å². The fourth-order valence-electron chi connectivity index (χ4n) is 2.07. The van der Waals surface area contributed by atoms with E-state index in [1.165, 1.54) is 0 Å². The maximum atomic E-state index is 11.7.